The number of carbonyl (C=O) groups is 3. The molecule has 2 N–H and O–H groups in total. The molecule has 0 bridgehead atoms. The molecule has 0 aliphatic heterocycles. The van der Waals surface area contributed by atoms with Crippen molar-refractivity contribution in [2.45, 2.75) is 85.9 Å². The van der Waals surface area contributed by atoms with Gasteiger partial charge in [0.2, 0.25) is 5.91 Å². The Balaban J connectivity index is 2.00. The fraction of sp³-hybridized carbons (Fsp3) is 0.441. The number of fused-ring (bicyclic) bond motifs is 1. The number of anilines is 1. The predicted molar refractivity (Wildman–Crippen MR) is 166 cm³/mol. The maximum atomic E-state index is 14.1. The Morgan fingerprint density at radius 2 is 1.54 bits per heavy atom. The number of carbonyl (C=O) groups excluding carboxylic acids is 3. The van der Waals surface area contributed by atoms with Crippen molar-refractivity contribution in [1.29, 1.82) is 0 Å². The fourth-order valence-electron chi connectivity index (χ4n) is 4.76. The molecule has 7 nitrogen and oxygen atoms in total. The summed E-state index contributed by atoms with van der Waals surface area (Å²) in [6, 6.07) is 18.4. The normalized spacial score (nSPS) is 13.0. The Bertz CT molecular complexity index is 1380. The third kappa shape index (κ3) is 9.07. The minimum atomic E-state index is -0.907. The van der Waals surface area contributed by atoms with Gasteiger partial charge in [0.05, 0.1) is 0 Å². The second-order valence-corrected chi connectivity index (χ2v) is 12.3. The first-order valence-corrected chi connectivity index (χ1v) is 14.4. The van der Waals surface area contributed by atoms with Crippen molar-refractivity contribution in [2.75, 3.05) is 11.9 Å². The van der Waals surface area contributed by atoms with Crippen LogP contribution in [-0.4, -0.2) is 41.0 Å². The molecule has 0 heterocycles. The zero-order chi connectivity index (χ0) is 30.3. The molecule has 220 valence electrons. The summed E-state index contributed by atoms with van der Waals surface area (Å²) in [5, 5.41) is 7.74. The maximum Gasteiger partial charge on any atom is 0.408 e. The first kappa shape index (κ1) is 31.7. The maximum absolute atomic E-state index is 14.1. The number of hydrogen-bond acceptors (Lipinski definition) is 4. The summed E-state index contributed by atoms with van der Waals surface area (Å²) in [5.41, 5.74) is 2.80. The van der Waals surface area contributed by atoms with Crippen molar-refractivity contribution in [3.63, 3.8) is 0 Å². The van der Waals surface area contributed by atoms with Gasteiger partial charge in [-0.2, -0.15) is 0 Å². The van der Waals surface area contributed by atoms with Gasteiger partial charge in [0, 0.05) is 11.7 Å². The fourth-order valence-corrected chi connectivity index (χ4v) is 4.76. The van der Waals surface area contributed by atoms with E-state index in [2.05, 4.69) is 24.5 Å². The molecule has 7 heteroatoms. The smallest absolute Gasteiger partial charge is 0.408 e. The predicted octanol–water partition coefficient (Wildman–Crippen LogP) is 7.31. The minimum Gasteiger partial charge on any atom is -0.444 e. The van der Waals surface area contributed by atoms with Crippen LogP contribution >= 0.6 is 0 Å². The van der Waals surface area contributed by atoms with E-state index in [1.54, 1.807) is 25.7 Å². The van der Waals surface area contributed by atoms with Crippen LogP contribution in [0.4, 0.5) is 10.5 Å². The van der Waals surface area contributed by atoms with Gasteiger partial charge in [-0.25, -0.2) is 4.79 Å². The Hall–Kier alpha value is -3.87. The van der Waals surface area contributed by atoms with Crippen LogP contribution in [0.15, 0.2) is 60.7 Å². The highest BCUT2D eigenvalue weighted by Gasteiger charge is 2.35. The van der Waals surface area contributed by atoms with Gasteiger partial charge in [-0.15, -0.1) is 0 Å². The van der Waals surface area contributed by atoms with Gasteiger partial charge in [0.15, 0.2) is 0 Å². The Morgan fingerprint density at radius 1 is 0.854 bits per heavy atom. The van der Waals surface area contributed by atoms with Gasteiger partial charge in [-0.1, -0.05) is 62.4 Å². The first-order chi connectivity index (χ1) is 19.2. The molecule has 0 saturated heterocycles. The van der Waals surface area contributed by atoms with E-state index in [0.717, 1.165) is 28.3 Å². The summed E-state index contributed by atoms with van der Waals surface area (Å²) in [5.74, 6) is -0.240. The lowest BCUT2D eigenvalue weighted by Gasteiger charge is -2.37. The average Bonchev–Trinajstić information content (AvgIpc) is 2.89. The SMILES string of the molecule is Cc1ccc(C(C(=O)Nc2ccc3ccccc3c2)N(C(=O)CNC(=O)OC(C)(C)C)C(C)CCC(C)C)cc1C. The van der Waals surface area contributed by atoms with Crippen molar-refractivity contribution in [2.24, 2.45) is 5.92 Å². The van der Waals surface area contributed by atoms with Crippen molar-refractivity contribution >= 4 is 34.4 Å². The molecule has 3 rings (SSSR count). The van der Waals surface area contributed by atoms with Gasteiger partial charge < -0.3 is 20.3 Å². The largest absolute Gasteiger partial charge is 0.444 e. The summed E-state index contributed by atoms with van der Waals surface area (Å²) in [4.78, 5) is 42.0. The zero-order valence-corrected chi connectivity index (χ0v) is 25.7. The van der Waals surface area contributed by atoms with E-state index >= 15 is 0 Å². The molecule has 0 spiro atoms. The molecule has 0 radical (unpaired) electrons. The van der Waals surface area contributed by atoms with Crippen LogP contribution in [0.5, 0.6) is 0 Å². The van der Waals surface area contributed by atoms with Crippen LogP contribution in [-0.2, 0) is 14.3 Å². The van der Waals surface area contributed by atoms with Crippen LogP contribution in [0.25, 0.3) is 10.8 Å². The Labute approximate surface area is 244 Å². The van der Waals surface area contributed by atoms with Gasteiger partial charge in [0.25, 0.3) is 5.91 Å². The quantitative estimate of drug-likeness (QED) is 0.273. The van der Waals surface area contributed by atoms with Crippen LogP contribution < -0.4 is 10.6 Å². The zero-order valence-electron chi connectivity index (χ0n) is 25.7. The Kier molecular flexibility index (Phi) is 10.5. The number of alkyl carbamates (subject to hydrolysis) is 1. The number of hydrogen-bond donors (Lipinski definition) is 2. The monoisotopic (exact) mass is 559 g/mol. The average molecular weight is 560 g/mol. The van der Waals surface area contributed by atoms with E-state index in [0.29, 0.717) is 23.6 Å². The third-order valence-corrected chi connectivity index (χ3v) is 7.10. The van der Waals surface area contributed by atoms with E-state index in [9.17, 15) is 14.4 Å². The molecule has 0 aromatic heterocycles. The first-order valence-electron chi connectivity index (χ1n) is 14.4. The van der Waals surface area contributed by atoms with Gasteiger partial charge in [-0.05, 0) is 99.9 Å². The van der Waals surface area contributed by atoms with Crippen LogP contribution in [0.3, 0.4) is 0 Å². The molecule has 3 aromatic carbocycles. The van der Waals surface area contributed by atoms with E-state index in [-0.39, 0.29) is 24.4 Å². The van der Waals surface area contributed by atoms with Crippen molar-refractivity contribution < 1.29 is 19.1 Å². The van der Waals surface area contributed by atoms with Gasteiger partial charge >= 0.3 is 6.09 Å². The summed E-state index contributed by atoms with van der Waals surface area (Å²) >= 11 is 0. The second kappa shape index (κ2) is 13.7. The second-order valence-electron chi connectivity index (χ2n) is 12.3. The molecule has 0 aliphatic carbocycles. The minimum absolute atomic E-state index is 0.265. The third-order valence-electron chi connectivity index (χ3n) is 7.10. The molecule has 0 aliphatic rings. The number of nitrogens with zero attached hydrogens (tertiary/aromatic N) is 1. The number of ether oxygens (including phenoxy) is 1. The number of rotatable bonds is 10. The summed E-state index contributed by atoms with van der Waals surface area (Å²) < 4.78 is 5.34. The van der Waals surface area contributed by atoms with E-state index < -0.39 is 17.7 Å². The summed E-state index contributed by atoms with van der Waals surface area (Å²) in [6.07, 6.45) is 0.917. The highest BCUT2D eigenvalue weighted by molar-refractivity contribution is 6.00. The van der Waals surface area contributed by atoms with Crippen molar-refractivity contribution in [1.82, 2.24) is 10.2 Å². The number of amides is 3. The van der Waals surface area contributed by atoms with Crippen molar-refractivity contribution in [3.8, 4) is 0 Å². The molecule has 0 fully saturated rings. The lowest BCUT2D eigenvalue weighted by atomic mass is 9.95. The number of nitrogens with one attached hydrogen (secondary N) is 2. The lowest BCUT2D eigenvalue weighted by molar-refractivity contribution is -0.140. The molecular formula is C34H45N3O4. The van der Waals surface area contributed by atoms with E-state index in [1.807, 2.05) is 81.4 Å². The van der Waals surface area contributed by atoms with Crippen molar-refractivity contribution in [3.05, 3.63) is 77.4 Å². The molecule has 3 amide bonds. The van der Waals surface area contributed by atoms with E-state index in [4.69, 9.17) is 4.74 Å². The molecule has 2 atom stereocenters. The number of aryl methyl sites for hydroxylation is 2. The highest BCUT2D eigenvalue weighted by atomic mass is 16.6. The standard InChI is InChI=1S/C34H45N3O4/c1-22(2)13-15-25(5)37(30(38)21-35-33(40)41-34(6,7)8)31(28-16-14-23(3)24(4)19-28)32(39)36-29-18-17-26-11-9-10-12-27(26)20-29/h9-12,14,16-20,22,25,31H,13,15,21H2,1-8H3,(H,35,40)(H,36,39). The summed E-state index contributed by atoms with van der Waals surface area (Å²) in [6.45, 7) is 15.3. The molecule has 0 saturated carbocycles. The number of benzene rings is 3. The highest BCUT2D eigenvalue weighted by Crippen LogP contribution is 2.30. The van der Waals surface area contributed by atoms with E-state index in [1.165, 1.54) is 0 Å². The topological polar surface area (TPSA) is 87.7 Å². The Morgan fingerprint density at radius 3 is 2.17 bits per heavy atom. The molecule has 3 aromatic rings. The van der Waals surface area contributed by atoms with Gasteiger partial charge in [0.1, 0.15) is 18.2 Å². The van der Waals surface area contributed by atoms with Crippen LogP contribution in [0.2, 0.25) is 0 Å². The molecule has 2 unspecified atom stereocenters. The lowest BCUT2D eigenvalue weighted by Crippen LogP contribution is -2.50. The van der Waals surface area contributed by atoms with Crippen LogP contribution in [0.1, 0.15) is 77.1 Å². The summed E-state index contributed by atoms with van der Waals surface area (Å²) in [7, 11) is 0. The van der Waals surface area contributed by atoms with Crippen LogP contribution in [0, 0.1) is 19.8 Å². The molecular weight excluding hydrogens is 514 g/mol. The van der Waals surface area contributed by atoms with Gasteiger partial charge in [-0.3, -0.25) is 9.59 Å². The molecule has 41 heavy (non-hydrogen) atoms.